The van der Waals surface area contributed by atoms with Gasteiger partial charge in [0.05, 0.1) is 0 Å². The van der Waals surface area contributed by atoms with E-state index in [1.165, 1.54) is 24.5 Å². The lowest BCUT2D eigenvalue weighted by Crippen LogP contribution is -2.09. The van der Waals surface area contributed by atoms with Gasteiger partial charge in [-0.25, -0.2) is 4.98 Å². The lowest BCUT2D eigenvalue weighted by molar-refractivity contribution is -0.141. The molecule has 0 aliphatic heterocycles. The van der Waals surface area contributed by atoms with Crippen molar-refractivity contribution in [2.45, 2.75) is 11.3 Å². The van der Waals surface area contributed by atoms with Crippen molar-refractivity contribution < 1.29 is 17.9 Å². The zero-order chi connectivity index (χ0) is 13.9. The van der Waals surface area contributed by atoms with E-state index in [9.17, 15) is 13.2 Å². The number of aromatic nitrogens is 3. The van der Waals surface area contributed by atoms with Crippen LogP contribution in [-0.4, -0.2) is 21.2 Å². The number of thioether (sulfide) groups is 1. The second kappa shape index (κ2) is 5.43. The molecule has 0 bridgehead atoms. The summed E-state index contributed by atoms with van der Waals surface area (Å²) < 4.78 is 43.2. The first-order valence-electron chi connectivity index (χ1n) is 5.07. The molecule has 0 N–H and O–H groups in total. The van der Waals surface area contributed by atoms with Gasteiger partial charge < -0.3 is 4.74 Å². The van der Waals surface area contributed by atoms with Crippen LogP contribution < -0.4 is 4.74 Å². The predicted octanol–water partition coefficient (Wildman–Crippen LogP) is 3.40. The summed E-state index contributed by atoms with van der Waals surface area (Å²) in [6, 6.07) is 3.81. The fraction of sp³-hybridized carbons (Fsp3) is 0.182. The van der Waals surface area contributed by atoms with Crippen LogP contribution in [0.4, 0.5) is 13.2 Å². The summed E-state index contributed by atoms with van der Waals surface area (Å²) >= 11 is 1.01. The van der Waals surface area contributed by atoms with Gasteiger partial charge in [0.1, 0.15) is 5.75 Å². The zero-order valence-electron chi connectivity index (χ0n) is 9.68. The van der Waals surface area contributed by atoms with Crippen molar-refractivity contribution in [2.75, 3.05) is 6.26 Å². The normalized spacial score (nSPS) is 11.4. The standard InChI is InChI=1S/C11H8F3N3OS/c1-19-10-16-8(11(12,13)14)6-9(17-10)18-7-2-4-15-5-3-7/h2-6H,1H3. The van der Waals surface area contributed by atoms with E-state index in [4.69, 9.17) is 4.74 Å². The molecule has 0 aliphatic carbocycles. The molecule has 0 radical (unpaired) electrons. The Kier molecular flexibility index (Phi) is 3.89. The van der Waals surface area contributed by atoms with E-state index in [1.54, 1.807) is 6.26 Å². The van der Waals surface area contributed by atoms with E-state index in [-0.39, 0.29) is 11.0 Å². The van der Waals surface area contributed by atoms with Crippen LogP contribution in [-0.2, 0) is 6.18 Å². The molecular weight excluding hydrogens is 279 g/mol. The number of nitrogens with zero attached hydrogens (tertiary/aromatic N) is 3. The summed E-state index contributed by atoms with van der Waals surface area (Å²) in [5.74, 6) is 0.201. The van der Waals surface area contributed by atoms with Crippen LogP contribution in [0.3, 0.4) is 0 Å². The van der Waals surface area contributed by atoms with Gasteiger partial charge >= 0.3 is 6.18 Å². The largest absolute Gasteiger partial charge is 0.439 e. The molecule has 0 atom stereocenters. The Hall–Kier alpha value is -1.83. The van der Waals surface area contributed by atoms with Gasteiger partial charge in [-0.15, -0.1) is 0 Å². The van der Waals surface area contributed by atoms with Crippen LogP contribution in [0.5, 0.6) is 11.6 Å². The zero-order valence-corrected chi connectivity index (χ0v) is 10.5. The average Bonchev–Trinajstić information content (AvgIpc) is 2.38. The fourth-order valence-corrected chi connectivity index (χ4v) is 1.59. The Balaban J connectivity index is 2.35. The SMILES string of the molecule is CSc1nc(Oc2ccncc2)cc(C(F)(F)F)n1. The molecule has 0 amide bonds. The highest BCUT2D eigenvalue weighted by molar-refractivity contribution is 7.98. The highest BCUT2D eigenvalue weighted by atomic mass is 32.2. The van der Waals surface area contributed by atoms with Crippen LogP contribution >= 0.6 is 11.8 Å². The molecular formula is C11H8F3N3OS. The van der Waals surface area contributed by atoms with Crippen LogP contribution in [0.15, 0.2) is 35.7 Å². The molecule has 19 heavy (non-hydrogen) atoms. The Labute approximate surface area is 111 Å². The van der Waals surface area contributed by atoms with Gasteiger partial charge in [-0.05, 0) is 18.4 Å². The molecule has 0 saturated heterocycles. The molecule has 100 valence electrons. The third kappa shape index (κ3) is 3.57. The van der Waals surface area contributed by atoms with Gasteiger partial charge in [0.15, 0.2) is 10.9 Å². The molecule has 2 aromatic heterocycles. The molecule has 0 saturated carbocycles. The summed E-state index contributed by atoms with van der Waals surface area (Å²) in [4.78, 5) is 11.0. The van der Waals surface area contributed by atoms with Crippen molar-refractivity contribution in [2.24, 2.45) is 0 Å². The minimum atomic E-state index is -4.54. The molecule has 2 rings (SSSR count). The van der Waals surface area contributed by atoms with Gasteiger partial charge in [0, 0.05) is 18.5 Å². The smallest absolute Gasteiger partial charge is 0.433 e. The van der Waals surface area contributed by atoms with E-state index in [0.29, 0.717) is 5.75 Å². The summed E-state index contributed by atoms with van der Waals surface area (Å²) in [6.45, 7) is 0. The first-order chi connectivity index (χ1) is 8.99. The number of ether oxygens (including phenoxy) is 1. The summed E-state index contributed by atoms with van der Waals surface area (Å²) in [5, 5.41) is -0.00104. The summed E-state index contributed by atoms with van der Waals surface area (Å²) in [5.41, 5.74) is -1.03. The Morgan fingerprint density at radius 2 is 1.84 bits per heavy atom. The molecule has 0 aliphatic rings. The van der Waals surface area contributed by atoms with E-state index in [1.807, 2.05) is 0 Å². The number of hydrogen-bond donors (Lipinski definition) is 0. The molecule has 2 aromatic rings. The molecule has 0 spiro atoms. The van der Waals surface area contributed by atoms with Crippen molar-refractivity contribution in [3.8, 4) is 11.6 Å². The van der Waals surface area contributed by atoms with Gasteiger partial charge in [-0.2, -0.15) is 18.2 Å². The van der Waals surface area contributed by atoms with Gasteiger partial charge in [0.2, 0.25) is 5.88 Å². The third-order valence-corrected chi connectivity index (χ3v) is 2.58. The monoisotopic (exact) mass is 287 g/mol. The van der Waals surface area contributed by atoms with E-state index >= 15 is 0 Å². The quantitative estimate of drug-likeness (QED) is 0.639. The van der Waals surface area contributed by atoms with Crippen molar-refractivity contribution in [1.82, 2.24) is 15.0 Å². The number of halogens is 3. The van der Waals surface area contributed by atoms with Crippen molar-refractivity contribution in [3.05, 3.63) is 36.3 Å². The Morgan fingerprint density at radius 3 is 2.42 bits per heavy atom. The van der Waals surface area contributed by atoms with E-state index in [2.05, 4.69) is 15.0 Å². The number of hydrogen-bond acceptors (Lipinski definition) is 5. The highest BCUT2D eigenvalue weighted by Gasteiger charge is 2.34. The van der Waals surface area contributed by atoms with E-state index < -0.39 is 11.9 Å². The second-order valence-corrected chi connectivity index (χ2v) is 4.13. The predicted molar refractivity (Wildman–Crippen MR) is 63.1 cm³/mol. The maximum atomic E-state index is 12.7. The van der Waals surface area contributed by atoms with Gasteiger partial charge in [-0.3, -0.25) is 4.98 Å². The van der Waals surface area contributed by atoms with Crippen LogP contribution in [0.2, 0.25) is 0 Å². The molecule has 0 fully saturated rings. The van der Waals surface area contributed by atoms with Crippen molar-refractivity contribution >= 4 is 11.8 Å². The second-order valence-electron chi connectivity index (χ2n) is 3.36. The van der Waals surface area contributed by atoms with E-state index in [0.717, 1.165) is 17.8 Å². The molecule has 0 aromatic carbocycles. The Morgan fingerprint density at radius 1 is 1.16 bits per heavy atom. The average molecular weight is 287 g/mol. The lowest BCUT2D eigenvalue weighted by atomic mass is 10.4. The molecule has 8 heteroatoms. The van der Waals surface area contributed by atoms with Gasteiger partial charge in [0.25, 0.3) is 0 Å². The minimum Gasteiger partial charge on any atom is -0.439 e. The molecule has 4 nitrogen and oxygen atoms in total. The first-order valence-corrected chi connectivity index (χ1v) is 6.29. The van der Waals surface area contributed by atoms with Crippen LogP contribution in [0, 0.1) is 0 Å². The fourth-order valence-electron chi connectivity index (χ4n) is 1.22. The third-order valence-electron chi connectivity index (χ3n) is 2.03. The molecule has 0 unspecified atom stereocenters. The first kappa shape index (κ1) is 13.6. The maximum absolute atomic E-state index is 12.7. The van der Waals surface area contributed by atoms with Crippen LogP contribution in [0.25, 0.3) is 0 Å². The number of alkyl halides is 3. The number of pyridine rings is 1. The number of rotatable bonds is 3. The van der Waals surface area contributed by atoms with Crippen molar-refractivity contribution in [1.29, 1.82) is 0 Å². The highest BCUT2D eigenvalue weighted by Crippen LogP contribution is 2.31. The Bertz CT molecular complexity index is 563. The van der Waals surface area contributed by atoms with Crippen molar-refractivity contribution in [3.63, 3.8) is 0 Å². The van der Waals surface area contributed by atoms with Crippen LogP contribution in [0.1, 0.15) is 5.69 Å². The molecule has 2 heterocycles. The summed E-state index contributed by atoms with van der Waals surface area (Å²) in [7, 11) is 0. The summed E-state index contributed by atoms with van der Waals surface area (Å²) in [6.07, 6.45) is -0.0111. The minimum absolute atomic E-state index is 0.00104. The maximum Gasteiger partial charge on any atom is 0.433 e. The topological polar surface area (TPSA) is 47.9 Å². The van der Waals surface area contributed by atoms with Gasteiger partial charge in [-0.1, -0.05) is 11.8 Å². The lowest BCUT2D eigenvalue weighted by Gasteiger charge is -2.10.